The van der Waals surface area contributed by atoms with Crippen LogP contribution in [0.25, 0.3) is 10.8 Å². The molecule has 0 saturated carbocycles. The topological polar surface area (TPSA) is 70.7 Å². The van der Waals surface area contributed by atoms with Crippen molar-refractivity contribution in [1.82, 2.24) is 15.2 Å². The second kappa shape index (κ2) is 6.02. The highest BCUT2D eigenvalue weighted by atomic mass is 19.1. The predicted molar refractivity (Wildman–Crippen MR) is 101 cm³/mol. The van der Waals surface area contributed by atoms with E-state index in [2.05, 4.69) is 20.5 Å². The van der Waals surface area contributed by atoms with Crippen molar-refractivity contribution in [3.05, 3.63) is 100.0 Å². The van der Waals surface area contributed by atoms with E-state index >= 15 is 0 Å². The van der Waals surface area contributed by atoms with Crippen molar-refractivity contribution in [2.75, 3.05) is 5.32 Å². The van der Waals surface area contributed by atoms with Gasteiger partial charge in [-0.15, -0.1) is 0 Å². The van der Waals surface area contributed by atoms with Crippen LogP contribution in [-0.4, -0.2) is 15.2 Å². The van der Waals surface area contributed by atoms with E-state index in [0.717, 1.165) is 16.8 Å². The van der Waals surface area contributed by atoms with Crippen LogP contribution in [0.5, 0.6) is 0 Å². The van der Waals surface area contributed by atoms with Gasteiger partial charge in [-0.05, 0) is 35.4 Å². The fourth-order valence-corrected chi connectivity index (χ4v) is 3.89. The zero-order valence-electron chi connectivity index (χ0n) is 14.2. The average Bonchev–Trinajstić information content (AvgIpc) is 2.71. The zero-order valence-corrected chi connectivity index (χ0v) is 14.2. The third kappa shape index (κ3) is 2.49. The van der Waals surface area contributed by atoms with Crippen LogP contribution in [0.15, 0.2) is 71.8 Å². The largest absolute Gasteiger partial charge is 0.377 e. The minimum atomic E-state index is -0.459. The summed E-state index contributed by atoms with van der Waals surface area (Å²) in [5, 5.41) is 11.3. The summed E-state index contributed by atoms with van der Waals surface area (Å²) in [6, 6.07) is 16.3. The summed E-state index contributed by atoms with van der Waals surface area (Å²) in [5.41, 5.74) is 2.97. The summed E-state index contributed by atoms with van der Waals surface area (Å²) in [6.45, 7) is 0. The third-order valence-electron chi connectivity index (χ3n) is 5.04. The minimum Gasteiger partial charge on any atom is -0.377 e. The van der Waals surface area contributed by atoms with Gasteiger partial charge < -0.3 is 5.32 Å². The highest BCUT2D eigenvalue weighted by Gasteiger charge is 2.35. The minimum absolute atomic E-state index is 0.147. The zero-order chi connectivity index (χ0) is 18.4. The van der Waals surface area contributed by atoms with Crippen molar-refractivity contribution in [2.45, 2.75) is 12.0 Å². The highest BCUT2D eigenvalue weighted by Crippen LogP contribution is 2.46. The van der Waals surface area contributed by atoms with E-state index in [1.807, 2.05) is 42.5 Å². The molecule has 0 radical (unpaired) electrons. The number of anilines is 1. The van der Waals surface area contributed by atoms with Crippen LogP contribution >= 0.6 is 0 Å². The smallest absolute Gasteiger partial charge is 0.272 e. The van der Waals surface area contributed by atoms with E-state index < -0.39 is 11.4 Å². The molecule has 2 atom stereocenters. The molecule has 0 spiro atoms. The van der Waals surface area contributed by atoms with Crippen molar-refractivity contribution >= 4 is 16.5 Å². The molecule has 0 unspecified atom stereocenters. The van der Waals surface area contributed by atoms with Gasteiger partial charge in [-0.25, -0.2) is 9.49 Å². The maximum Gasteiger partial charge on any atom is 0.272 e. The molecule has 2 aromatic carbocycles. The first kappa shape index (κ1) is 15.7. The van der Waals surface area contributed by atoms with E-state index in [4.69, 9.17) is 0 Å². The molecule has 5 nitrogen and oxygen atoms in total. The molecule has 1 aliphatic rings. The first-order chi connectivity index (χ1) is 13.2. The summed E-state index contributed by atoms with van der Waals surface area (Å²) in [4.78, 5) is 16.3. The van der Waals surface area contributed by atoms with E-state index in [9.17, 15) is 9.18 Å². The summed E-state index contributed by atoms with van der Waals surface area (Å²) in [7, 11) is 0. The van der Waals surface area contributed by atoms with Crippen molar-refractivity contribution < 1.29 is 4.39 Å². The Balaban J connectivity index is 1.83. The Bertz CT molecular complexity index is 1190. The van der Waals surface area contributed by atoms with Crippen molar-refractivity contribution in [3.63, 3.8) is 0 Å². The van der Waals surface area contributed by atoms with Crippen LogP contribution in [0.2, 0.25) is 0 Å². The molecule has 0 bridgehead atoms. The molecule has 4 aromatic rings. The Morgan fingerprint density at radius 3 is 2.52 bits per heavy atom. The van der Waals surface area contributed by atoms with Gasteiger partial charge in [0.1, 0.15) is 5.82 Å². The van der Waals surface area contributed by atoms with Crippen LogP contribution in [-0.2, 0) is 0 Å². The molecule has 2 aromatic heterocycles. The van der Waals surface area contributed by atoms with Crippen LogP contribution in [0, 0.1) is 5.82 Å². The third-order valence-corrected chi connectivity index (χ3v) is 5.04. The fraction of sp³-hybridized carbons (Fsp3) is 0.0952. The number of hydrogen-bond acceptors (Lipinski definition) is 4. The Labute approximate surface area is 153 Å². The van der Waals surface area contributed by atoms with E-state index in [-0.39, 0.29) is 12.0 Å². The van der Waals surface area contributed by atoms with Crippen LogP contribution in [0.3, 0.4) is 0 Å². The summed E-state index contributed by atoms with van der Waals surface area (Å²) >= 11 is 0. The van der Waals surface area contributed by atoms with Crippen LogP contribution < -0.4 is 10.9 Å². The number of pyridine rings is 1. The van der Waals surface area contributed by atoms with Gasteiger partial charge in [0, 0.05) is 23.5 Å². The van der Waals surface area contributed by atoms with Gasteiger partial charge in [0.25, 0.3) is 5.56 Å². The Morgan fingerprint density at radius 1 is 0.963 bits per heavy atom. The van der Waals surface area contributed by atoms with Gasteiger partial charge in [-0.2, -0.15) is 5.10 Å². The number of aromatic amines is 1. The maximum atomic E-state index is 14.1. The molecule has 1 aliphatic heterocycles. The molecular formula is C21H15FN4O. The quantitative estimate of drug-likeness (QED) is 0.572. The highest BCUT2D eigenvalue weighted by molar-refractivity contribution is 5.97. The van der Waals surface area contributed by atoms with E-state index in [1.165, 1.54) is 12.1 Å². The molecule has 0 saturated heterocycles. The van der Waals surface area contributed by atoms with Gasteiger partial charge in [0.15, 0.2) is 0 Å². The molecule has 6 heteroatoms. The summed E-state index contributed by atoms with van der Waals surface area (Å²) in [5.74, 6) is -0.606. The van der Waals surface area contributed by atoms with Gasteiger partial charge in [-0.3, -0.25) is 9.78 Å². The molecular weight excluding hydrogens is 343 g/mol. The molecule has 132 valence electrons. The molecule has 27 heavy (non-hydrogen) atoms. The first-order valence-corrected chi connectivity index (χ1v) is 8.65. The number of halogens is 1. The standard InChI is InChI=1S/C21H15FN4O/c22-14-10-15-18-16(11-14)24-19(13-6-8-23-9-7-13)17(12-4-2-1-3-5-12)20(18)25-26-21(15)27/h1-11,17,19,24H,(H,26,27)/t17-,19+/m0/s1. The van der Waals surface area contributed by atoms with Crippen LogP contribution in [0.4, 0.5) is 10.1 Å². The van der Waals surface area contributed by atoms with Crippen molar-refractivity contribution in [1.29, 1.82) is 0 Å². The summed E-state index contributed by atoms with van der Waals surface area (Å²) < 4.78 is 14.1. The number of nitrogens with zero attached hydrogens (tertiary/aromatic N) is 2. The number of benzene rings is 2. The fourth-order valence-electron chi connectivity index (χ4n) is 3.89. The number of H-pyrrole nitrogens is 1. The Hall–Kier alpha value is -3.54. The number of hydrogen-bond donors (Lipinski definition) is 2. The molecule has 2 N–H and O–H groups in total. The maximum absolute atomic E-state index is 14.1. The number of nitrogens with one attached hydrogen (secondary N) is 2. The average molecular weight is 358 g/mol. The second-order valence-corrected chi connectivity index (χ2v) is 6.60. The Morgan fingerprint density at radius 2 is 1.74 bits per heavy atom. The molecule has 5 rings (SSSR count). The van der Waals surface area contributed by atoms with Gasteiger partial charge >= 0.3 is 0 Å². The molecule has 0 amide bonds. The lowest BCUT2D eigenvalue weighted by Crippen LogP contribution is -2.28. The van der Waals surface area contributed by atoms with Gasteiger partial charge in [0.2, 0.25) is 0 Å². The normalized spacial score (nSPS) is 18.3. The second-order valence-electron chi connectivity index (χ2n) is 6.60. The van der Waals surface area contributed by atoms with Gasteiger partial charge in [0.05, 0.1) is 23.0 Å². The summed E-state index contributed by atoms with van der Waals surface area (Å²) in [6.07, 6.45) is 3.46. The van der Waals surface area contributed by atoms with E-state index in [1.54, 1.807) is 12.4 Å². The lowest BCUT2D eigenvalue weighted by molar-refractivity contribution is 0.618. The predicted octanol–water partition coefficient (Wildman–Crippen LogP) is 3.76. The Kier molecular flexibility index (Phi) is 3.50. The number of aromatic nitrogens is 3. The molecule has 0 fully saturated rings. The van der Waals surface area contributed by atoms with E-state index in [0.29, 0.717) is 16.5 Å². The molecule has 3 heterocycles. The van der Waals surface area contributed by atoms with Gasteiger partial charge in [-0.1, -0.05) is 30.3 Å². The van der Waals surface area contributed by atoms with Crippen molar-refractivity contribution in [3.8, 4) is 0 Å². The monoisotopic (exact) mass is 358 g/mol. The number of rotatable bonds is 2. The first-order valence-electron chi connectivity index (χ1n) is 8.65. The van der Waals surface area contributed by atoms with Crippen LogP contribution in [0.1, 0.15) is 28.8 Å². The lowest BCUT2D eigenvalue weighted by atomic mass is 9.80. The van der Waals surface area contributed by atoms with Crippen molar-refractivity contribution in [2.24, 2.45) is 0 Å². The lowest BCUT2D eigenvalue weighted by Gasteiger charge is -2.34. The molecule has 0 aliphatic carbocycles. The SMILES string of the molecule is O=c1[nH]nc2c3c(cc(F)cc13)N[C@H](c1ccncc1)[C@@H]2c1ccccc1.